The van der Waals surface area contributed by atoms with Gasteiger partial charge >= 0.3 is 0 Å². The lowest BCUT2D eigenvalue weighted by atomic mass is 9.79. The van der Waals surface area contributed by atoms with Crippen molar-refractivity contribution < 1.29 is 4.79 Å². The predicted octanol–water partition coefficient (Wildman–Crippen LogP) is 2.50. The molecule has 1 aliphatic heterocycles. The van der Waals surface area contributed by atoms with Crippen molar-refractivity contribution in [1.29, 1.82) is 0 Å². The van der Waals surface area contributed by atoms with Gasteiger partial charge in [0.2, 0.25) is 0 Å². The molecule has 2 heterocycles. The molecule has 2 rings (SSSR count). The highest BCUT2D eigenvalue weighted by molar-refractivity contribution is 9.10. The van der Waals surface area contributed by atoms with Crippen molar-refractivity contribution in [2.45, 2.75) is 46.1 Å². The van der Waals surface area contributed by atoms with E-state index in [4.69, 9.17) is 5.73 Å². The number of nitrogens with zero attached hydrogens (tertiary/aromatic N) is 2. The number of hydrogen-bond donors (Lipinski definition) is 2. The van der Waals surface area contributed by atoms with E-state index in [1.54, 1.807) is 0 Å². The number of carbonyl (C=O) groups is 1. The zero-order valence-corrected chi connectivity index (χ0v) is 14.1. The average molecular weight is 343 g/mol. The Hall–Kier alpha value is -0.880. The van der Waals surface area contributed by atoms with Crippen molar-refractivity contribution in [3.05, 3.63) is 15.9 Å². The molecule has 5 nitrogen and oxygen atoms in total. The smallest absolute Gasteiger partial charge is 0.275 e. The molecule has 0 aliphatic carbocycles. The van der Waals surface area contributed by atoms with Crippen molar-refractivity contribution in [2.24, 2.45) is 11.1 Å². The van der Waals surface area contributed by atoms with Crippen LogP contribution in [0, 0.1) is 5.41 Å². The number of rotatable bonds is 2. The molecule has 20 heavy (non-hydrogen) atoms. The Kier molecular flexibility index (Phi) is 4.25. The topological polar surface area (TPSA) is 75.0 Å². The number of halogens is 1. The van der Waals surface area contributed by atoms with Gasteiger partial charge in [0.25, 0.3) is 5.91 Å². The summed E-state index contributed by atoms with van der Waals surface area (Å²) in [7, 11) is 0. The maximum Gasteiger partial charge on any atom is 0.275 e. The summed E-state index contributed by atoms with van der Waals surface area (Å²) in [5, 5.41) is 7.14. The largest absolute Gasteiger partial charge is 0.337 e. The van der Waals surface area contributed by atoms with Gasteiger partial charge in [-0.2, -0.15) is 5.10 Å². The molecule has 1 amide bonds. The van der Waals surface area contributed by atoms with Crippen LogP contribution in [0.1, 0.15) is 56.2 Å². The zero-order valence-electron chi connectivity index (χ0n) is 12.5. The third-order valence-corrected chi connectivity index (χ3v) is 4.91. The SMILES string of the molecule is CC(C)c1[nH]nc(C(=O)N2CCC(N)C(C)(C)C2)c1Br. The van der Waals surface area contributed by atoms with Crippen molar-refractivity contribution in [2.75, 3.05) is 13.1 Å². The minimum atomic E-state index is -0.0580. The molecule has 0 radical (unpaired) electrons. The van der Waals surface area contributed by atoms with Crippen LogP contribution in [0.25, 0.3) is 0 Å². The Balaban J connectivity index is 2.20. The van der Waals surface area contributed by atoms with Gasteiger partial charge in [-0.05, 0) is 33.7 Å². The molecule has 3 N–H and O–H groups in total. The maximum atomic E-state index is 12.6. The summed E-state index contributed by atoms with van der Waals surface area (Å²) in [5.74, 6) is 0.268. The van der Waals surface area contributed by atoms with Crippen LogP contribution < -0.4 is 5.73 Å². The number of carbonyl (C=O) groups excluding carboxylic acids is 1. The van der Waals surface area contributed by atoms with Crippen LogP contribution in [-0.2, 0) is 0 Å². The fourth-order valence-electron chi connectivity index (χ4n) is 2.56. The van der Waals surface area contributed by atoms with Gasteiger partial charge in [0.15, 0.2) is 5.69 Å². The molecule has 1 saturated heterocycles. The molecule has 6 heteroatoms. The normalized spacial score (nSPS) is 22.4. The highest BCUT2D eigenvalue weighted by Crippen LogP contribution is 2.31. The van der Waals surface area contributed by atoms with Crippen LogP contribution in [0.5, 0.6) is 0 Å². The number of amides is 1. The van der Waals surface area contributed by atoms with E-state index >= 15 is 0 Å². The lowest BCUT2D eigenvalue weighted by Crippen LogP contribution is -2.54. The molecular formula is C14H23BrN4O. The van der Waals surface area contributed by atoms with Gasteiger partial charge in [0.05, 0.1) is 10.2 Å². The highest BCUT2D eigenvalue weighted by Gasteiger charge is 2.36. The molecule has 1 unspecified atom stereocenters. The van der Waals surface area contributed by atoms with Gasteiger partial charge in [-0.3, -0.25) is 9.89 Å². The van der Waals surface area contributed by atoms with Crippen molar-refractivity contribution in [1.82, 2.24) is 15.1 Å². The van der Waals surface area contributed by atoms with Crippen LogP contribution in [0.2, 0.25) is 0 Å². The molecular weight excluding hydrogens is 320 g/mol. The van der Waals surface area contributed by atoms with Gasteiger partial charge in [-0.15, -0.1) is 0 Å². The summed E-state index contributed by atoms with van der Waals surface area (Å²) in [4.78, 5) is 14.5. The second-order valence-corrected chi connectivity index (χ2v) is 7.36. The van der Waals surface area contributed by atoms with Crippen molar-refractivity contribution in [3.63, 3.8) is 0 Å². The number of aromatic nitrogens is 2. The van der Waals surface area contributed by atoms with Crippen molar-refractivity contribution in [3.8, 4) is 0 Å². The highest BCUT2D eigenvalue weighted by atomic mass is 79.9. The van der Waals surface area contributed by atoms with Gasteiger partial charge in [0, 0.05) is 19.1 Å². The number of hydrogen-bond acceptors (Lipinski definition) is 3. The lowest BCUT2D eigenvalue weighted by molar-refractivity contribution is 0.0526. The number of aromatic amines is 1. The third kappa shape index (κ3) is 2.76. The molecule has 0 aromatic carbocycles. The van der Waals surface area contributed by atoms with Crippen LogP contribution in [0.4, 0.5) is 0 Å². The number of nitrogens with one attached hydrogen (secondary N) is 1. The number of nitrogens with two attached hydrogens (primary N) is 1. The van der Waals surface area contributed by atoms with Gasteiger partial charge in [-0.1, -0.05) is 27.7 Å². The second kappa shape index (κ2) is 5.48. The summed E-state index contributed by atoms with van der Waals surface area (Å²) >= 11 is 3.49. The molecule has 1 atom stereocenters. The molecule has 1 fully saturated rings. The maximum absolute atomic E-state index is 12.6. The Bertz CT molecular complexity index is 509. The number of likely N-dealkylation sites (tertiary alicyclic amines) is 1. The van der Waals surface area contributed by atoms with Crippen LogP contribution >= 0.6 is 15.9 Å². The summed E-state index contributed by atoms with van der Waals surface area (Å²) < 4.78 is 0.783. The second-order valence-electron chi connectivity index (χ2n) is 6.57. The number of piperidine rings is 1. The van der Waals surface area contributed by atoms with Crippen LogP contribution in [0.3, 0.4) is 0 Å². The summed E-state index contributed by atoms with van der Waals surface area (Å²) in [6, 6.07) is 0.139. The Labute approximate surface area is 128 Å². The fraction of sp³-hybridized carbons (Fsp3) is 0.714. The minimum absolute atomic E-state index is 0.0278. The number of H-pyrrole nitrogens is 1. The molecule has 0 spiro atoms. The lowest BCUT2D eigenvalue weighted by Gasteiger charge is -2.42. The van der Waals surface area contributed by atoms with E-state index in [-0.39, 0.29) is 17.4 Å². The fourth-order valence-corrected chi connectivity index (χ4v) is 3.37. The van der Waals surface area contributed by atoms with E-state index < -0.39 is 0 Å². The van der Waals surface area contributed by atoms with E-state index in [1.807, 2.05) is 4.90 Å². The first-order valence-corrected chi connectivity index (χ1v) is 7.82. The van der Waals surface area contributed by atoms with E-state index in [2.05, 4.69) is 53.8 Å². The molecule has 0 bridgehead atoms. The quantitative estimate of drug-likeness (QED) is 0.866. The molecule has 1 aromatic heterocycles. The van der Waals surface area contributed by atoms with Crippen LogP contribution in [0.15, 0.2) is 4.47 Å². The molecule has 0 saturated carbocycles. The zero-order chi connectivity index (χ0) is 15.1. The van der Waals surface area contributed by atoms with E-state index in [1.165, 1.54) is 0 Å². The monoisotopic (exact) mass is 342 g/mol. The van der Waals surface area contributed by atoms with Crippen LogP contribution in [-0.4, -0.2) is 40.1 Å². The Morgan fingerprint density at radius 2 is 2.20 bits per heavy atom. The van der Waals surface area contributed by atoms with Gasteiger partial charge in [0.1, 0.15) is 0 Å². The van der Waals surface area contributed by atoms with Gasteiger partial charge in [-0.25, -0.2) is 0 Å². The standard InChI is InChI=1S/C14H23BrN4O/c1-8(2)11-10(15)12(18-17-11)13(20)19-6-5-9(16)14(3,4)7-19/h8-9H,5-7,16H2,1-4H3,(H,17,18). The van der Waals surface area contributed by atoms with E-state index in [0.717, 1.165) is 16.6 Å². The minimum Gasteiger partial charge on any atom is -0.337 e. The predicted molar refractivity (Wildman–Crippen MR) is 82.7 cm³/mol. The first kappa shape index (κ1) is 15.5. The molecule has 1 aliphatic rings. The molecule has 1 aromatic rings. The van der Waals surface area contributed by atoms with E-state index in [9.17, 15) is 4.79 Å². The van der Waals surface area contributed by atoms with Crippen molar-refractivity contribution >= 4 is 21.8 Å². The molecule has 112 valence electrons. The Morgan fingerprint density at radius 1 is 1.55 bits per heavy atom. The average Bonchev–Trinajstić information content (AvgIpc) is 2.73. The van der Waals surface area contributed by atoms with Gasteiger partial charge < -0.3 is 10.6 Å². The first-order valence-electron chi connectivity index (χ1n) is 7.02. The summed E-state index contributed by atoms with van der Waals surface area (Å²) in [5.41, 5.74) is 7.49. The first-order chi connectivity index (χ1) is 9.24. The van der Waals surface area contributed by atoms with E-state index in [0.29, 0.717) is 24.7 Å². The summed E-state index contributed by atoms with van der Waals surface area (Å²) in [6.45, 7) is 9.71. The third-order valence-electron chi connectivity index (χ3n) is 4.11. The summed E-state index contributed by atoms with van der Waals surface area (Å²) in [6.07, 6.45) is 0.831. The Morgan fingerprint density at radius 3 is 2.70 bits per heavy atom.